The fourth-order valence-corrected chi connectivity index (χ4v) is 3.48. The van der Waals surface area contributed by atoms with Crippen LogP contribution in [0.15, 0.2) is 18.2 Å². The number of aryl methyl sites for hydroxylation is 1. The van der Waals surface area contributed by atoms with Crippen LogP contribution in [0.2, 0.25) is 0 Å². The fraction of sp³-hybridized carbons (Fsp3) is 0.533. The monoisotopic (exact) mass is 293 g/mol. The van der Waals surface area contributed by atoms with Crippen LogP contribution in [0.3, 0.4) is 0 Å². The molecule has 20 heavy (non-hydrogen) atoms. The molecule has 1 aromatic rings. The molecule has 1 aliphatic rings. The predicted octanol–water partition coefficient (Wildman–Crippen LogP) is 2.34. The van der Waals surface area contributed by atoms with Gasteiger partial charge in [0.15, 0.2) is 0 Å². The van der Waals surface area contributed by atoms with Crippen molar-refractivity contribution in [2.75, 3.05) is 29.9 Å². The molecule has 110 valence electrons. The molecule has 1 saturated heterocycles. The summed E-state index contributed by atoms with van der Waals surface area (Å²) in [4.78, 5) is 14.4. The number of hydrogen-bond donors (Lipinski definition) is 2. The van der Waals surface area contributed by atoms with Gasteiger partial charge >= 0.3 is 0 Å². The van der Waals surface area contributed by atoms with E-state index in [0.29, 0.717) is 23.5 Å². The highest BCUT2D eigenvalue weighted by atomic mass is 32.2. The lowest BCUT2D eigenvalue weighted by Crippen LogP contribution is -2.47. The van der Waals surface area contributed by atoms with Gasteiger partial charge in [0.05, 0.1) is 6.54 Å². The normalized spacial score (nSPS) is 23.6. The van der Waals surface area contributed by atoms with Crippen LogP contribution in [0.5, 0.6) is 0 Å². The van der Waals surface area contributed by atoms with E-state index >= 15 is 0 Å². The van der Waals surface area contributed by atoms with Crippen molar-refractivity contribution in [2.24, 2.45) is 0 Å². The Labute approximate surface area is 125 Å². The molecule has 4 nitrogen and oxygen atoms in total. The number of anilines is 2. The largest absolute Gasteiger partial charge is 0.398 e. The molecule has 1 amide bonds. The predicted molar refractivity (Wildman–Crippen MR) is 87.2 cm³/mol. The molecular weight excluding hydrogens is 270 g/mol. The summed E-state index contributed by atoms with van der Waals surface area (Å²) in [7, 11) is 0. The zero-order valence-electron chi connectivity index (χ0n) is 12.3. The number of hydrogen-bond acceptors (Lipinski definition) is 4. The van der Waals surface area contributed by atoms with Gasteiger partial charge < -0.3 is 11.1 Å². The van der Waals surface area contributed by atoms with Crippen LogP contribution in [-0.2, 0) is 4.79 Å². The van der Waals surface area contributed by atoms with E-state index in [-0.39, 0.29) is 5.91 Å². The van der Waals surface area contributed by atoms with Crippen LogP contribution in [0.4, 0.5) is 11.4 Å². The molecule has 2 atom stereocenters. The van der Waals surface area contributed by atoms with Gasteiger partial charge in [0.1, 0.15) is 0 Å². The molecule has 1 fully saturated rings. The third-order valence-corrected chi connectivity index (χ3v) is 5.26. The topological polar surface area (TPSA) is 58.4 Å². The Morgan fingerprint density at radius 2 is 2.25 bits per heavy atom. The third kappa shape index (κ3) is 3.67. The van der Waals surface area contributed by atoms with Gasteiger partial charge in [0, 0.05) is 35.0 Å². The van der Waals surface area contributed by atoms with E-state index in [9.17, 15) is 4.79 Å². The maximum Gasteiger partial charge on any atom is 0.238 e. The van der Waals surface area contributed by atoms with E-state index in [1.165, 1.54) is 0 Å². The van der Waals surface area contributed by atoms with Crippen molar-refractivity contribution in [1.29, 1.82) is 0 Å². The Morgan fingerprint density at radius 3 is 2.95 bits per heavy atom. The van der Waals surface area contributed by atoms with E-state index in [4.69, 9.17) is 5.73 Å². The quantitative estimate of drug-likeness (QED) is 0.840. The van der Waals surface area contributed by atoms with E-state index in [1.807, 2.05) is 36.9 Å². The van der Waals surface area contributed by atoms with Gasteiger partial charge in [-0.15, -0.1) is 0 Å². The second kappa shape index (κ2) is 6.50. The van der Waals surface area contributed by atoms with Gasteiger partial charge in [-0.2, -0.15) is 11.8 Å². The van der Waals surface area contributed by atoms with Crippen molar-refractivity contribution in [3.05, 3.63) is 23.8 Å². The number of rotatable bonds is 3. The molecule has 1 heterocycles. The first kappa shape index (κ1) is 15.2. The lowest BCUT2D eigenvalue weighted by atomic mass is 10.2. The number of nitrogens with zero attached hydrogens (tertiary/aromatic N) is 1. The molecule has 2 rings (SSSR count). The molecule has 0 aliphatic carbocycles. The lowest BCUT2D eigenvalue weighted by molar-refractivity contribution is -0.117. The maximum atomic E-state index is 12.1. The summed E-state index contributed by atoms with van der Waals surface area (Å²) in [5.41, 5.74) is 8.36. The van der Waals surface area contributed by atoms with Gasteiger partial charge in [0.2, 0.25) is 5.91 Å². The average molecular weight is 293 g/mol. The van der Waals surface area contributed by atoms with Crippen molar-refractivity contribution in [3.63, 3.8) is 0 Å². The highest BCUT2D eigenvalue weighted by molar-refractivity contribution is 8.00. The standard InChI is InChI=1S/C15H23N3OS/c1-10-4-5-13(8-14(10)16)17-15(19)9-18-6-7-20-12(3)11(18)2/h4-5,8,11-12H,6-7,9,16H2,1-3H3,(H,17,19). The van der Waals surface area contributed by atoms with Crippen molar-refractivity contribution in [3.8, 4) is 0 Å². The van der Waals surface area contributed by atoms with Crippen molar-refractivity contribution >= 4 is 29.0 Å². The number of amides is 1. The minimum absolute atomic E-state index is 0.0270. The second-order valence-electron chi connectivity index (χ2n) is 5.41. The summed E-state index contributed by atoms with van der Waals surface area (Å²) in [5.74, 6) is 1.12. The zero-order valence-corrected chi connectivity index (χ0v) is 13.2. The number of benzene rings is 1. The summed E-state index contributed by atoms with van der Waals surface area (Å²) in [5, 5.41) is 3.50. The minimum Gasteiger partial charge on any atom is -0.398 e. The molecule has 5 heteroatoms. The van der Waals surface area contributed by atoms with Crippen molar-refractivity contribution in [2.45, 2.75) is 32.1 Å². The Hall–Kier alpha value is -1.20. The summed E-state index contributed by atoms with van der Waals surface area (Å²) in [6.07, 6.45) is 0. The highest BCUT2D eigenvalue weighted by Crippen LogP contribution is 2.24. The Kier molecular flexibility index (Phi) is 4.94. The molecule has 0 radical (unpaired) electrons. The van der Waals surface area contributed by atoms with Gasteiger partial charge in [-0.3, -0.25) is 9.69 Å². The Balaban J connectivity index is 1.93. The van der Waals surface area contributed by atoms with E-state index < -0.39 is 0 Å². The summed E-state index contributed by atoms with van der Waals surface area (Å²) < 4.78 is 0. The minimum atomic E-state index is 0.0270. The molecular formula is C15H23N3OS. The molecule has 3 N–H and O–H groups in total. The average Bonchev–Trinajstić information content (AvgIpc) is 2.39. The highest BCUT2D eigenvalue weighted by Gasteiger charge is 2.26. The molecule has 1 aromatic carbocycles. The van der Waals surface area contributed by atoms with E-state index in [2.05, 4.69) is 24.1 Å². The summed E-state index contributed by atoms with van der Waals surface area (Å²) in [6, 6.07) is 6.06. The van der Waals surface area contributed by atoms with E-state index in [1.54, 1.807) is 0 Å². The first-order chi connectivity index (χ1) is 9.47. The van der Waals surface area contributed by atoms with E-state index in [0.717, 1.165) is 23.5 Å². The van der Waals surface area contributed by atoms with Crippen LogP contribution in [-0.4, -0.2) is 40.9 Å². The van der Waals surface area contributed by atoms with Crippen LogP contribution < -0.4 is 11.1 Å². The molecule has 0 bridgehead atoms. The van der Waals surface area contributed by atoms with Crippen LogP contribution in [0, 0.1) is 6.92 Å². The maximum absolute atomic E-state index is 12.1. The molecule has 0 spiro atoms. The molecule has 1 aliphatic heterocycles. The Morgan fingerprint density at radius 1 is 1.50 bits per heavy atom. The van der Waals surface area contributed by atoms with Crippen LogP contribution in [0.25, 0.3) is 0 Å². The molecule has 2 unspecified atom stereocenters. The smallest absolute Gasteiger partial charge is 0.238 e. The summed E-state index contributed by atoms with van der Waals surface area (Å²) in [6.45, 7) is 7.78. The number of nitrogens with one attached hydrogen (secondary N) is 1. The Bertz CT molecular complexity index is 492. The first-order valence-corrected chi connectivity index (χ1v) is 8.04. The number of nitrogen functional groups attached to an aromatic ring is 1. The first-order valence-electron chi connectivity index (χ1n) is 6.99. The molecule has 0 aromatic heterocycles. The van der Waals surface area contributed by atoms with Crippen molar-refractivity contribution in [1.82, 2.24) is 4.90 Å². The second-order valence-corrected chi connectivity index (χ2v) is 6.89. The SMILES string of the molecule is Cc1ccc(NC(=O)CN2CCSC(C)C2C)cc1N. The van der Waals surface area contributed by atoms with Gasteiger partial charge in [-0.25, -0.2) is 0 Å². The number of nitrogens with two attached hydrogens (primary N) is 1. The van der Waals surface area contributed by atoms with Crippen molar-refractivity contribution < 1.29 is 4.79 Å². The number of thioether (sulfide) groups is 1. The number of carbonyl (C=O) groups is 1. The van der Waals surface area contributed by atoms with Gasteiger partial charge in [0.25, 0.3) is 0 Å². The third-order valence-electron chi connectivity index (χ3n) is 3.92. The fourth-order valence-electron chi connectivity index (χ4n) is 2.32. The zero-order chi connectivity index (χ0) is 14.7. The van der Waals surface area contributed by atoms with Gasteiger partial charge in [-0.1, -0.05) is 13.0 Å². The van der Waals surface area contributed by atoms with Crippen LogP contribution in [0.1, 0.15) is 19.4 Å². The number of carbonyl (C=O) groups excluding carboxylic acids is 1. The molecule has 0 saturated carbocycles. The van der Waals surface area contributed by atoms with Crippen LogP contribution >= 0.6 is 11.8 Å². The lowest BCUT2D eigenvalue weighted by Gasteiger charge is -2.36. The van der Waals surface area contributed by atoms with Gasteiger partial charge in [-0.05, 0) is 31.5 Å². The summed E-state index contributed by atoms with van der Waals surface area (Å²) >= 11 is 1.97.